The van der Waals surface area contributed by atoms with E-state index >= 15 is 0 Å². The summed E-state index contributed by atoms with van der Waals surface area (Å²) in [4.78, 5) is 4.25. The molecule has 0 radical (unpaired) electrons. The lowest BCUT2D eigenvalue weighted by atomic mass is 10.0. The van der Waals surface area contributed by atoms with E-state index in [1.54, 1.807) is 6.20 Å². The molecule has 1 aromatic heterocycles. The molecule has 0 saturated heterocycles. The molecule has 102 valence electrons. The summed E-state index contributed by atoms with van der Waals surface area (Å²) in [6.45, 7) is 8.30. The van der Waals surface area contributed by atoms with Crippen LogP contribution in [0.3, 0.4) is 0 Å². The fourth-order valence-electron chi connectivity index (χ4n) is 1.77. The van der Waals surface area contributed by atoms with Crippen molar-refractivity contribution in [3.05, 3.63) is 18.3 Å². The number of hydrogen-bond acceptors (Lipinski definition) is 4. The van der Waals surface area contributed by atoms with Crippen LogP contribution in [0, 0.1) is 0 Å². The molecule has 4 heteroatoms. The lowest BCUT2D eigenvalue weighted by molar-refractivity contribution is 0.0635. The summed E-state index contributed by atoms with van der Waals surface area (Å²) in [5.74, 6) is 1.40. The molecule has 18 heavy (non-hydrogen) atoms. The molecular weight excluding hydrogens is 228 g/mol. The van der Waals surface area contributed by atoms with Crippen molar-refractivity contribution in [1.82, 2.24) is 4.98 Å². The third-order valence-corrected chi connectivity index (χ3v) is 2.56. The third-order valence-electron chi connectivity index (χ3n) is 2.56. The van der Waals surface area contributed by atoms with Crippen LogP contribution >= 0.6 is 0 Å². The Morgan fingerprint density at radius 3 is 2.83 bits per heavy atom. The molecule has 1 unspecified atom stereocenters. The zero-order chi connectivity index (χ0) is 13.6. The van der Waals surface area contributed by atoms with Gasteiger partial charge in [0.05, 0.1) is 11.7 Å². The van der Waals surface area contributed by atoms with Gasteiger partial charge in [0.15, 0.2) is 11.6 Å². The van der Waals surface area contributed by atoms with Crippen LogP contribution in [0.15, 0.2) is 18.3 Å². The molecule has 1 atom stereocenters. The standard InChI is InChI=1S/C14H24N2O2/c1-5-8-14(4,17)10-16-13-12(18-11(2)3)7-6-9-15-13/h6-7,9,11,17H,5,8,10H2,1-4H3,(H,15,16). The van der Waals surface area contributed by atoms with E-state index in [-0.39, 0.29) is 6.10 Å². The lowest BCUT2D eigenvalue weighted by Gasteiger charge is -2.24. The van der Waals surface area contributed by atoms with Crippen LogP contribution in [0.25, 0.3) is 0 Å². The van der Waals surface area contributed by atoms with Crippen LogP contribution in [0.5, 0.6) is 5.75 Å². The number of pyridine rings is 1. The highest BCUT2D eigenvalue weighted by Gasteiger charge is 2.19. The molecule has 2 N–H and O–H groups in total. The number of rotatable bonds is 7. The van der Waals surface area contributed by atoms with E-state index in [4.69, 9.17) is 4.74 Å². The predicted octanol–water partition coefficient (Wildman–Crippen LogP) is 2.83. The largest absolute Gasteiger partial charge is 0.487 e. The molecule has 0 aromatic carbocycles. The summed E-state index contributed by atoms with van der Waals surface area (Å²) < 4.78 is 5.66. The normalized spacial score (nSPS) is 14.3. The number of aliphatic hydroxyl groups is 1. The van der Waals surface area contributed by atoms with E-state index in [2.05, 4.69) is 17.2 Å². The predicted molar refractivity (Wildman–Crippen MR) is 74.0 cm³/mol. The number of anilines is 1. The highest BCUT2D eigenvalue weighted by atomic mass is 16.5. The Labute approximate surface area is 109 Å². The van der Waals surface area contributed by atoms with Crippen LogP contribution in [0.2, 0.25) is 0 Å². The van der Waals surface area contributed by atoms with E-state index in [1.807, 2.05) is 32.9 Å². The van der Waals surface area contributed by atoms with Crippen LogP contribution < -0.4 is 10.1 Å². The second kappa shape index (κ2) is 6.59. The van der Waals surface area contributed by atoms with Crippen LogP contribution in [-0.2, 0) is 0 Å². The maximum atomic E-state index is 10.1. The molecule has 0 aliphatic rings. The first-order valence-electron chi connectivity index (χ1n) is 6.52. The molecule has 4 nitrogen and oxygen atoms in total. The van der Waals surface area contributed by atoms with Crippen molar-refractivity contribution in [2.24, 2.45) is 0 Å². The van der Waals surface area contributed by atoms with Gasteiger partial charge < -0.3 is 15.2 Å². The zero-order valence-corrected chi connectivity index (χ0v) is 11.7. The molecule has 0 amide bonds. The minimum atomic E-state index is -0.721. The molecule has 0 aliphatic carbocycles. The van der Waals surface area contributed by atoms with E-state index < -0.39 is 5.60 Å². The second-order valence-corrected chi connectivity index (χ2v) is 5.12. The van der Waals surface area contributed by atoms with Gasteiger partial charge in [-0.2, -0.15) is 0 Å². The van der Waals surface area contributed by atoms with Crippen LogP contribution in [0.4, 0.5) is 5.82 Å². The van der Waals surface area contributed by atoms with E-state index in [1.165, 1.54) is 0 Å². The van der Waals surface area contributed by atoms with E-state index in [0.717, 1.165) is 18.6 Å². The highest BCUT2D eigenvalue weighted by molar-refractivity contribution is 5.49. The summed E-state index contributed by atoms with van der Waals surface area (Å²) >= 11 is 0. The van der Waals surface area contributed by atoms with Crippen molar-refractivity contribution in [2.75, 3.05) is 11.9 Å². The Morgan fingerprint density at radius 1 is 1.50 bits per heavy atom. The maximum absolute atomic E-state index is 10.1. The molecule has 0 bridgehead atoms. The molecule has 1 aromatic rings. The van der Waals surface area contributed by atoms with Crippen molar-refractivity contribution in [1.29, 1.82) is 0 Å². The number of ether oxygens (including phenoxy) is 1. The minimum absolute atomic E-state index is 0.103. The Hall–Kier alpha value is -1.29. The fourth-order valence-corrected chi connectivity index (χ4v) is 1.77. The van der Waals surface area contributed by atoms with Gasteiger partial charge in [-0.25, -0.2) is 4.98 Å². The van der Waals surface area contributed by atoms with Crippen LogP contribution in [-0.4, -0.2) is 28.3 Å². The average Bonchev–Trinajstić information content (AvgIpc) is 2.27. The van der Waals surface area contributed by atoms with Gasteiger partial charge in [-0.3, -0.25) is 0 Å². The number of hydrogen-bond donors (Lipinski definition) is 2. The summed E-state index contributed by atoms with van der Waals surface area (Å²) in [5, 5.41) is 13.3. The van der Waals surface area contributed by atoms with Crippen molar-refractivity contribution in [2.45, 2.75) is 52.2 Å². The third kappa shape index (κ3) is 4.92. The topological polar surface area (TPSA) is 54.4 Å². The van der Waals surface area contributed by atoms with Gasteiger partial charge in [0.2, 0.25) is 0 Å². The van der Waals surface area contributed by atoms with Gasteiger partial charge in [0.25, 0.3) is 0 Å². The number of nitrogens with zero attached hydrogens (tertiary/aromatic N) is 1. The van der Waals surface area contributed by atoms with Crippen molar-refractivity contribution in [3.63, 3.8) is 0 Å². The average molecular weight is 252 g/mol. The first-order valence-corrected chi connectivity index (χ1v) is 6.52. The second-order valence-electron chi connectivity index (χ2n) is 5.12. The minimum Gasteiger partial charge on any atom is -0.487 e. The monoisotopic (exact) mass is 252 g/mol. The van der Waals surface area contributed by atoms with Gasteiger partial charge >= 0.3 is 0 Å². The van der Waals surface area contributed by atoms with Gasteiger partial charge in [-0.1, -0.05) is 13.3 Å². The van der Waals surface area contributed by atoms with Gasteiger partial charge in [-0.15, -0.1) is 0 Å². The summed E-state index contributed by atoms with van der Waals surface area (Å²) in [6, 6.07) is 3.72. The quantitative estimate of drug-likeness (QED) is 0.783. The molecule has 0 fully saturated rings. The highest BCUT2D eigenvalue weighted by Crippen LogP contribution is 2.23. The first kappa shape index (κ1) is 14.8. The maximum Gasteiger partial charge on any atom is 0.168 e. The molecule has 1 rings (SSSR count). The Bertz CT molecular complexity index is 365. The van der Waals surface area contributed by atoms with Crippen molar-refractivity contribution in [3.8, 4) is 5.75 Å². The fraction of sp³-hybridized carbons (Fsp3) is 0.643. The lowest BCUT2D eigenvalue weighted by Crippen LogP contribution is -2.33. The smallest absolute Gasteiger partial charge is 0.168 e. The van der Waals surface area contributed by atoms with E-state index in [0.29, 0.717) is 12.4 Å². The van der Waals surface area contributed by atoms with Gasteiger partial charge in [0.1, 0.15) is 0 Å². The molecule has 1 heterocycles. The molecule has 0 aliphatic heterocycles. The summed E-state index contributed by atoms with van der Waals surface area (Å²) in [7, 11) is 0. The van der Waals surface area contributed by atoms with Gasteiger partial charge in [-0.05, 0) is 39.3 Å². The summed E-state index contributed by atoms with van der Waals surface area (Å²) in [5.41, 5.74) is -0.721. The van der Waals surface area contributed by atoms with Crippen molar-refractivity contribution < 1.29 is 9.84 Å². The first-order chi connectivity index (χ1) is 8.44. The molecule has 0 saturated carbocycles. The molecular formula is C14H24N2O2. The number of nitrogens with one attached hydrogen (secondary N) is 1. The van der Waals surface area contributed by atoms with Crippen LogP contribution in [0.1, 0.15) is 40.5 Å². The van der Waals surface area contributed by atoms with Gasteiger partial charge in [0, 0.05) is 12.7 Å². The molecule has 0 spiro atoms. The number of aromatic nitrogens is 1. The Morgan fingerprint density at radius 2 is 2.22 bits per heavy atom. The van der Waals surface area contributed by atoms with E-state index in [9.17, 15) is 5.11 Å². The summed E-state index contributed by atoms with van der Waals surface area (Å²) in [6.07, 6.45) is 3.52. The Kier molecular flexibility index (Phi) is 5.41. The zero-order valence-electron chi connectivity index (χ0n) is 11.7. The Balaban J connectivity index is 2.66. The van der Waals surface area contributed by atoms with Crippen molar-refractivity contribution >= 4 is 5.82 Å². The SMILES string of the molecule is CCCC(C)(O)CNc1ncccc1OC(C)C.